The summed E-state index contributed by atoms with van der Waals surface area (Å²) >= 11 is 5.93. The molecule has 1 aliphatic rings. The molecule has 3 heteroatoms. The Morgan fingerprint density at radius 3 is 2.81 bits per heavy atom. The van der Waals surface area contributed by atoms with Crippen molar-refractivity contribution >= 4 is 17.3 Å². The average molecular weight is 239 g/mol. The molecule has 0 bridgehead atoms. The van der Waals surface area contributed by atoms with Crippen LogP contribution in [0, 0.1) is 5.92 Å². The zero-order valence-electron chi connectivity index (χ0n) is 9.99. The van der Waals surface area contributed by atoms with E-state index in [9.17, 15) is 0 Å². The molecule has 0 radical (unpaired) electrons. The molecule has 1 aromatic heterocycles. The fourth-order valence-electron chi connectivity index (χ4n) is 2.68. The van der Waals surface area contributed by atoms with Crippen LogP contribution in [0.15, 0.2) is 18.3 Å². The standard InChI is InChI=1S/C13H19ClN2/c1-10-5-3-4-6-12(10)16(2)11-7-8-15-13(14)9-11/h7-10,12H,3-6H2,1-2H3. The van der Waals surface area contributed by atoms with Gasteiger partial charge in [-0.1, -0.05) is 31.4 Å². The molecule has 0 amide bonds. The molecule has 1 saturated carbocycles. The summed E-state index contributed by atoms with van der Waals surface area (Å²) in [6.45, 7) is 2.35. The molecule has 0 aromatic carbocycles. The summed E-state index contributed by atoms with van der Waals surface area (Å²) in [5.41, 5.74) is 1.18. The number of aromatic nitrogens is 1. The lowest BCUT2D eigenvalue weighted by molar-refractivity contribution is 0.321. The van der Waals surface area contributed by atoms with Crippen molar-refractivity contribution in [3.63, 3.8) is 0 Å². The van der Waals surface area contributed by atoms with Gasteiger partial charge in [0.25, 0.3) is 0 Å². The molecule has 0 N–H and O–H groups in total. The molecule has 0 saturated heterocycles. The van der Waals surface area contributed by atoms with Crippen molar-refractivity contribution in [2.45, 2.75) is 38.6 Å². The third kappa shape index (κ3) is 2.49. The average Bonchev–Trinajstić information content (AvgIpc) is 2.29. The third-order valence-electron chi connectivity index (χ3n) is 3.68. The van der Waals surface area contributed by atoms with Gasteiger partial charge in [0.2, 0.25) is 0 Å². The van der Waals surface area contributed by atoms with Gasteiger partial charge >= 0.3 is 0 Å². The van der Waals surface area contributed by atoms with E-state index in [1.165, 1.54) is 31.4 Å². The van der Waals surface area contributed by atoms with Gasteiger partial charge < -0.3 is 4.90 Å². The fraction of sp³-hybridized carbons (Fsp3) is 0.615. The second-order valence-electron chi connectivity index (χ2n) is 4.78. The van der Waals surface area contributed by atoms with Gasteiger partial charge in [0.15, 0.2) is 0 Å². The molecule has 16 heavy (non-hydrogen) atoms. The molecule has 2 atom stereocenters. The second-order valence-corrected chi connectivity index (χ2v) is 5.16. The molecule has 2 unspecified atom stereocenters. The van der Waals surface area contributed by atoms with Crippen molar-refractivity contribution in [1.29, 1.82) is 0 Å². The van der Waals surface area contributed by atoms with E-state index >= 15 is 0 Å². The lowest BCUT2D eigenvalue weighted by Gasteiger charge is -2.37. The lowest BCUT2D eigenvalue weighted by Crippen LogP contribution is -2.38. The number of pyridine rings is 1. The van der Waals surface area contributed by atoms with Crippen molar-refractivity contribution in [3.8, 4) is 0 Å². The fourth-order valence-corrected chi connectivity index (χ4v) is 2.84. The Bertz CT molecular complexity index is 354. The van der Waals surface area contributed by atoms with Gasteiger partial charge in [-0.05, 0) is 30.9 Å². The first-order valence-corrected chi connectivity index (χ1v) is 6.40. The van der Waals surface area contributed by atoms with Gasteiger partial charge in [-0.15, -0.1) is 0 Å². The molecule has 1 aliphatic carbocycles. The van der Waals surface area contributed by atoms with Crippen LogP contribution in [0.4, 0.5) is 5.69 Å². The second kappa shape index (κ2) is 5.05. The summed E-state index contributed by atoms with van der Waals surface area (Å²) in [6, 6.07) is 4.63. The Balaban J connectivity index is 2.14. The third-order valence-corrected chi connectivity index (χ3v) is 3.89. The Kier molecular flexibility index (Phi) is 3.70. The molecule has 88 valence electrons. The predicted molar refractivity (Wildman–Crippen MR) is 69.1 cm³/mol. The van der Waals surface area contributed by atoms with Gasteiger partial charge in [-0.25, -0.2) is 4.98 Å². The zero-order valence-corrected chi connectivity index (χ0v) is 10.7. The molecule has 1 heterocycles. The zero-order chi connectivity index (χ0) is 11.5. The topological polar surface area (TPSA) is 16.1 Å². The van der Waals surface area contributed by atoms with Gasteiger partial charge in [-0.2, -0.15) is 0 Å². The number of rotatable bonds is 2. The molecular formula is C13H19ClN2. The minimum absolute atomic E-state index is 0.577. The maximum atomic E-state index is 5.93. The highest BCUT2D eigenvalue weighted by molar-refractivity contribution is 6.29. The van der Waals surface area contributed by atoms with E-state index in [0.29, 0.717) is 11.2 Å². The lowest BCUT2D eigenvalue weighted by atomic mass is 9.85. The largest absolute Gasteiger partial charge is 0.371 e. The van der Waals surface area contributed by atoms with E-state index in [1.807, 2.05) is 12.1 Å². The van der Waals surface area contributed by atoms with E-state index in [0.717, 1.165) is 5.92 Å². The van der Waals surface area contributed by atoms with Crippen LogP contribution in [0.1, 0.15) is 32.6 Å². The SMILES string of the molecule is CC1CCCCC1N(C)c1ccnc(Cl)c1. The molecule has 0 spiro atoms. The van der Waals surface area contributed by atoms with Crippen LogP contribution in [0.5, 0.6) is 0 Å². The first-order chi connectivity index (χ1) is 7.68. The van der Waals surface area contributed by atoms with Gasteiger partial charge in [0.1, 0.15) is 5.15 Å². The number of halogens is 1. The molecule has 1 aromatic rings. The summed E-state index contributed by atoms with van der Waals surface area (Å²) in [7, 11) is 2.16. The van der Waals surface area contributed by atoms with Crippen LogP contribution in [0.25, 0.3) is 0 Å². The summed E-state index contributed by atoms with van der Waals surface area (Å²) in [6.07, 6.45) is 7.13. The maximum Gasteiger partial charge on any atom is 0.131 e. The van der Waals surface area contributed by atoms with Gasteiger partial charge in [-0.3, -0.25) is 0 Å². The van der Waals surface area contributed by atoms with Crippen LogP contribution in [0.2, 0.25) is 5.15 Å². The summed E-state index contributed by atoms with van der Waals surface area (Å²) in [5.74, 6) is 0.769. The van der Waals surface area contributed by atoms with Crippen molar-refractivity contribution in [2.24, 2.45) is 5.92 Å². The summed E-state index contributed by atoms with van der Waals surface area (Å²) < 4.78 is 0. The van der Waals surface area contributed by atoms with Crippen molar-refractivity contribution in [2.75, 3.05) is 11.9 Å². The van der Waals surface area contributed by atoms with Crippen LogP contribution in [-0.4, -0.2) is 18.1 Å². The minimum atomic E-state index is 0.577. The van der Waals surface area contributed by atoms with Crippen LogP contribution in [0.3, 0.4) is 0 Å². The number of nitrogens with zero attached hydrogens (tertiary/aromatic N) is 2. The molecule has 0 aliphatic heterocycles. The Morgan fingerprint density at radius 2 is 2.12 bits per heavy atom. The first kappa shape index (κ1) is 11.7. The number of hydrogen-bond donors (Lipinski definition) is 0. The highest BCUT2D eigenvalue weighted by Crippen LogP contribution is 2.30. The minimum Gasteiger partial charge on any atom is -0.371 e. The van der Waals surface area contributed by atoms with E-state index in [-0.39, 0.29) is 0 Å². The molecule has 2 nitrogen and oxygen atoms in total. The van der Waals surface area contributed by atoms with E-state index in [1.54, 1.807) is 6.20 Å². The summed E-state index contributed by atoms with van der Waals surface area (Å²) in [4.78, 5) is 6.38. The van der Waals surface area contributed by atoms with Crippen molar-refractivity contribution < 1.29 is 0 Å². The number of hydrogen-bond acceptors (Lipinski definition) is 2. The van der Waals surface area contributed by atoms with Crippen molar-refractivity contribution in [3.05, 3.63) is 23.5 Å². The molecular weight excluding hydrogens is 220 g/mol. The molecule has 1 fully saturated rings. The number of anilines is 1. The highest BCUT2D eigenvalue weighted by Gasteiger charge is 2.25. The smallest absolute Gasteiger partial charge is 0.131 e. The van der Waals surface area contributed by atoms with Crippen molar-refractivity contribution in [1.82, 2.24) is 4.98 Å². The van der Waals surface area contributed by atoms with Gasteiger partial charge in [0, 0.05) is 25.0 Å². The van der Waals surface area contributed by atoms with E-state index in [4.69, 9.17) is 11.6 Å². The Labute approximate surface area is 103 Å². The first-order valence-electron chi connectivity index (χ1n) is 6.03. The van der Waals surface area contributed by atoms with Crippen LogP contribution >= 0.6 is 11.6 Å². The monoisotopic (exact) mass is 238 g/mol. The van der Waals surface area contributed by atoms with Crippen LogP contribution < -0.4 is 4.90 Å². The van der Waals surface area contributed by atoms with Gasteiger partial charge in [0.05, 0.1) is 0 Å². The molecule has 2 rings (SSSR count). The Hall–Kier alpha value is -0.760. The van der Waals surface area contributed by atoms with E-state index in [2.05, 4.69) is 23.9 Å². The normalized spacial score (nSPS) is 25.4. The summed E-state index contributed by atoms with van der Waals surface area (Å²) in [5, 5.41) is 0.577. The Morgan fingerprint density at radius 1 is 1.38 bits per heavy atom. The quantitative estimate of drug-likeness (QED) is 0.730. The maximum absolute atomic E-state index is 5.93. The highest BCUT2D eigenvalue weighted by atomic mass is 35.5. The predicted octanol–water partition coefficient (Wildman–Crippen LogP) is 3.75. The van der Waals surface area contributed by atoms with Crippen LogP contribution in [-0.2, 0) is 0 Å². The van der Waals surface area contributed by atoms with E-state index < -0.39 is 0 Å².